The topological polar surface area (TPSA) is 41.6 Å². The average molecular weight is 352 g/mol. The highest BCUT2D eigenvalue weighted by molar-refractivity contribution is 5.94. The molecule has 0 aliphatic carbocycles. The first kappa shape index (κ1) is 18.6. The SMILES string of the molecule is CCc1ccc(C(CNC(=O)c2cccc(C)c2)N2CCOCC2)cc1. The Balaban J connectivity index is 1.73. The molecule has 3 rings (SSSR count). The largest absolute Gasteiger partial charge is 0.379 e. The van der Waals surface area contributed by atoms with Gasteiger partial charge in [-0.15, -0.1) is 0 Å². The van der Waals surface area contributed by atoms with E-state index in [9.17, 15) is 4.79 Å². The molecular weight excluding hydrogens is 324 g/mol. The summed E-state index contributed by atoms with van der Waals surface area (Å²) in [5, 5.41) is 3.13. The Hall–Kier alpha value is -2.17. The van der Waals surface area contributed by atoms with Gasteiger partial charge in [0.1, 0.15) is 0 Å². The van der Waals surface area contributed by atoms with Crippen molar-refractivity contribution < 1.29 is 9.53 Å². The fourth-order valence-electron chi connectivity index (χ4n) is 3.40. The summed E-state index contributed by atoms with van der Waals surface area (Å²) in [6, 6.07) is 16.6. The number of carbonyl (C=O) groups excluding carboxylic acids is 1. The number of nitrogens with zero attached hydrogens (tertiary/aromatic N) is 1. The molecular formula is C22H28N2O2. The maximum atomic E-state index is 12.6. The van der Waals surface area contributed by atoms with Crippen LogP contribution in [0.15, 0.2) is 48.5 Å². The standard InChI is InChI=1S/C22H28N2O2/c1-3-18-7-9-19(10-8-18)21(24-11-13-26-14-12-24)16-23-22(25)20-6-4-5-17(2)15-20/h4-10,15,21H,3,11-14,16H2,1-2H3,(H,23,25). The minimum atomic E-state index is -0.0165. The van der Waals surface area contributed by atoms with Crippen LogP contribution in [0, 0.1) is 6.92 Å². The molecule has 0 bridgehead atoms. The number of ether oxygens (including phenoxy) is 1. The smallest absolute Gasteiger partial charge is 0.251 e. The predicted molar refractivity (Wildman–Crippen MR) is 104 cm³/mol. The van der Waals surface area contributed by atoms with E-state index in [1.165, 1.54) is 11.1 Å². The molecule has 1 amide bonds. The first-order chi connectivity index (χ1) is 12.7. The fraction of sp³-hybridized carbons (Fsp3) is 0.409. The summed E-state index contributed by atoms with van der Waals surface area (Å²) in [4.78, 5) is 15.0. The van der Waals surface area contributed by atoms with Crippen LogP contribution in [0.3, 0.4) is 0 Å². The molecule has 1 fully saturated rings. The van der Waals surface area contributed by atoms with E-state index in [1.54, 1.807) is 0 Å². The Kier molecular flexibility index (Phi) is 6.42. The van der Waals surface area contributed by atoms with Crippen molar-refractivity contribution in [2.24, 2.45) is 0 Å². The number of morpholine rings is 1. The lowest BCUT2D eigenvalue weighted by Crippen LogP contribution is -2.43. The monoisotopic (exact) mass is 352 g/mol. The summed E-state index contributed by atoms with van der Waals surface area (Å²) < 4.78 is 5.50. The lowest BCUT2D eigenvalue weighted by Gasteiger charge is -2.35. The number of nitrogens with one attached hydrogen (secondary N) is 1. The number of rotatable bonds is 6. The number of aryl methyl sites for hydroxylation is 2. The second-order valence-electron chi connectivity index (χ2n) is 6.84. The van der Waals surface area contributed by atoms with Gasteiger partial charge in [0.15, 0.2) is 0 Å². The molecule has 4 nitrogen and oxygen atoms in total. The van der Waals surface area contributed by atoms with E-state index in [0.29, 0.717) is 12.1 Å². The molecule has 0 saturated carbocycles. The number of hydrogen-bond acceptors (Lipinski definition) is 3. The van der Waals surface area contributed by atoms with Gasteiger partial charge in [0.25, 0.3) is 5.91 Å². The summed E-state index contributed by atoms with van der Waals surface area (Å²) in [5.74, 6) is -0.0165. The molecule has 4 heteroatoms. The molecule has 0 aromatic heterocycles. The Labute approximate surface area is 156 Å². The highest BCUT2D eigenvalue weighted by atomic mass is 16.5. The zero-order valence-electron chi connectivity index (χ0n) is 15.7. The van der Waals surface area contributed by atoms with Crippen LogP contribution in [0.1, 0.15) is 40.0 Å². The van der Waals surface area contributed by atoms with Crippen LogP contribution in [0.5, 0.6) is 0 Å². The molecule has 1 aliphatic rings. The van der Waals surface area contributed by atoms with E-state index in [4.69, 9.17) is 4.74 Å². The maximum absolute atomic E-state index is 12.6. The van der Waals surface area contributed by atoms with Crippen molar-refractivity contribution in [1.82, 2.24) is 10.2 Å². The van der Waals surface area contributed by atoms with Crippen molar-refractivity contribution in [3.05, 3.63) is 70.8 Å². The van der Waals surface area contributed by atoms with Crippen molar-refractivity contribution in [3.63, 3.8) is 0 Å². The van der Waals surface area contributed by atoms with E-state index >= 15 is 0 Å². The molecule has 1 N–H and O–H groups in total. The minimum absolute atomic E-state index is 0.0165. The van der Waals surface area contributed by atoms with Gasteiger partial charge in [0.05, 0.1) is 19.3 Å². The molecule has 2 aromatic carbocycles. The van der Waals surface area contributed by atoms with Crippen LogP contribution < -0.4 is 5.32 Å². The first-order valence-electron chi connectivity index (χ1n) is 9.43. The predicted octanol–water partition coefficient (Wildman–Crippen LogP) is 3.36. The molecule has 1 aliphatic heterocycles. The molecule has 1 atom stereocenters. The fourth-order valence-corrected chi connectivity index (χ4v) is 3.40. The number of hydrogen-bond donors (Lipinski definition) is 1. The van der Waals surface area contributed by atoms with E-state index < -0.39 is 0 Å². The van der Waals surface area contributed by atoms with Crippen molar-refractivity contribution in [3.8, 4) is 0 Å². The molecule has 2 aromatic rings. The van der Waals surface area contributed by atoms with Gasteiger partial charge in [-0.25, -0.2) is 0 Å². The average Bonchev–Trinajstić information content (AvgIpc) is 2.69. The van der Waals surface area contributed by atoms with Crippen LogP contribution in [-0.4, -0.2) is 43.7 Å². The number of benzene rings is 2. The molecule has 26 heavy (non-hydrogen) atoms. The van der Waals surface area contributed by atoms with E-state index in [1.807, 2.05) is 31.2 Å². The van der Waals surface area contributed by atoms with E-state index in [0.717, 1.165) is 38.3 Å². The Morgan fingerprint density at radius 3 is 2.54 bits per heavy atom. The third-order valence-corrected chi connectivity index (χ3v) is 5.00. The maximum Gasteiger partial charge on any atom is 0.251 e. The zero-order chi connectivity index (χ0) is 18.4. The third-order valence-electron chi connectivity index (χ3n) is 5.00. The number of carbonyl (C=O) groups is 1. The highest BCUT2D eigenvalue weighted by Gasteiger charge is 2.23. The third kappa shape index (κ3) is 4.71. The molecule has 0 spiro atoms. The van der Waals surface area contributed by atoms with Crippen LogP contribution in [-0.2, 0) is 11.2 Å². The van der Waals surface area contributed by atoms with Crippen molar-refractivity contribution in [2.75, 3.05) is 32.8 Å². The van der Waals surface area contributed by atoms with Crippen molar-refractivity contribution >= 4 is 5.91 Å². The lowest BCUT2D eigenvalue weighted by molar-refractivity contribution is 0.0162. The summed E-state index contributed by atoms with van der Waals surface area (Å²) in [7, 11) is 0. The van der Waals surface area contributed by atoms with Crippen LogP contribution in [0.25, 0.3) is 0 Å². The van der Waals surface area contributed by atoms with Gasteiger partial charge in [-0.2, -0.15) is 0 Å². The molecule has 0 radical (unpaired) electrons. The van der Waals surface area contributed by atoms with Gasteiger partial charge >= 0.3 is 0 Å². The summed E-state index contributed by atoms with van der Waals surface area (Å²) in [5.41, 5.74) is 4.39. The first-order valence-corrected chi connectivity index (χ1v) is 9.43. The van der Waals surface area contributed by atoms with Gasteiger partial charge in [-0.1, -0.05) is 48.9 Å². The summed E-state index contributed by atoms with van der Waals surface area (Å²) >= 11 is 0. The van der Waals surface area contributed by atoms with E-state index in [2.05, 4.69) is 41.4 Å². The molecule has 1 unspecified atom stereocenters. The summed E-state index contributed by atoms with van der Waals surface area (Å²) in [6.07, 6.45) is 1.03. The van der Waals surface area contributed by atoms with Gasteiger partial charge in [0, 0.05) is 25.2 Å². The molecule has 138 valence electrons. The molecule has 1 heterocycles. The second kappa shape index (κ2) is 8.97. The van der Waals surface area contributed by atoms with Gasteiger partial charge < -0.3 is 10.1 Å². The molecule has 1 saturated heterocycles. The van der Waals surface area contributed by atoms with Gasteiger partial charge in [-0.05, 0) is 36.6 Å². The van der Waals surface area contributed by atoms with Crippen molar-refractivity contribution in [2.45, 2.75) is 26.3 Å². The van der Waals surface area contributed by atoms with Gasteiger partial charge in [-0.3, -0.25) is 9.69 Å². The highest BCUT2D eigenvalue weighted by Crippen LogP contribution is 2.22. The van der Waals surface area contributed by atoms with Crippen molar-refractivity contribution in [1.29, 1.82) is 0 Å². The van der Waals surface area contributed by atoms with Crippen LogP contribution >= 0.6 is 0 Å². The Morgan fingerprint density at radius 1 is 1.15 bits per heavy atom. The quantitative estimate of drug-likeness (QED) is 0.867. The van der Waals surface area contributed by atoms with E-state index in [-0.39, 0.29) is 11.9 Å². The normalized spacial score (nSPS) is 16.2. The lowest BCUT2D eigenvalue weighted by atomic mass is 10.0. The Morgan fingerprint density at radius 2 is 1.88 bits per heavy atom. The minimum Gasteiger partial charge on any atom is -0.379 e. The zero-order valence-corrected chi connectivity index (χ0v) is 15.7. The second-order valence-corrected chi connectivity index (χ2v) is 6.84. The van der Waals surface area contributed by atoms with Crippen LogP contribution in [0.2, 0.25) is 0 Å². The van der Waals surface area contributed by atoms with Gasteiger partial charge in [0.2, 0.25) is 0 Å². The number of amides is 1. The summed E-state index contributed by atoms with van der Waals surface area (Å²) in [6.45, 7) is 8.03. The Bertz CT molecular complexity index is 721. The van der Waals surface area contributed by atoms with Crippen LogP contribution in [0.4, 0.5) is 0 Å².